The molecule has 3 N–H and O–H groups in total. The number of nitrogens with two attached hydrogens (primary N) is 1. The van der Waals surface area contributed by atoms with Crippen LogP contribution in [0.2, 0.25) is 5.02 Å². The van der Waals surface area contributed by atoms with E-state index in [1.807, 2.05) is 6.07 Å². The average Bonchev–Trinajstić information content (AvgIpc) is 2.74. The molecular formula is C12H8BrClN4. The second kappa shape index (κ2) is 4.26. The van der Waals surface area contributed by atoms with Crippen molar-refractivity contribution in [3.05, 3.63) is 40.0 Å². The van der Waals surface area contributed by atoms with E-state index in [1.54, 1.807) is 24.4 Å². The first-order valence-corrected chi connectivity index (χ1v) is 6.37. The van der Waals surface area contributed by atoms with Crippen molar-refractivity contribution >= 4 is 44.4 Å². The Morgan fingerprint density at radius 1 is 1.28 bits per heavy atom. The van der Waals surface area contributed by atoms with Gasteiger partial charge in [-0.1, -0.05) is 11.6 Å². The summed E-state index contributed by atoms with van der Waals surface area (Å²) in [5, 5.41) is 0.619. The highest BCUT2D eigenvalue weighted by molar-refractivity contribution is 9.10. The second-order valence-corrected chi connectivity index (χ2v) is 5.19. The number of nitrogens with one attached hydrogen (secondary N) is 1. The third-order valence-corrected chi connectivity index (χ3v) is 3.24. The molecule has 0 spiro atoms. The number of halogens is 2. The normalized spacial score (nSPS) is 11.0. The molecule has 0 aliphatic carbocycles. The molecule has 2 heterocycles. The number of hydrogen-bond acceptors (Lipinski definition) is 3. The summed E-state index contributed by atoms with van der Waals surface area (Å²) in [6.07, 6.45) is 1.70. The van der Waals surface area contributed by atoms with Crippen molar-refractivity contribution in [2.75, 3.05) is 5.73 Å². The molecule has 0 unspecified atom stereocenters. The zero-order valence-corrected chi connectivity index (χ0v) is 11.5. The molecule has 0 amide bonds. The smallest absolute Gasteiger partial charge is 0.178 e. The third kappa shape index (κ3) is 1.95. The van der Waals surface area contributed by atoms with Crippen LogP contribution in [0, 0.1) is 0 Å². The molecular weight excluding hydrogens is 316 g/mol. The number of hydrogen-bond donors (Lipinski definition) is 2. The zero-order chi connectivity index (χ0) is 12.7. The summed E-state index contributed by atoms with van der Waals surface area (Å²) in [4.78, 5) is 11.8. The van der Waals surface area contributed by atoms with Crippen LogP contribution in [-0.4, -0.2) is 15.0 Å². The quantitative estimate of drug-likeness (QED) is 0.672. The molecule has 1 aromatic carbocycles. The lowest BCUT2D eigenvalue weighted by molar-refractivity contribution is 1.30. The lowest BCUT2D eigenvalue weighted by atomic mass is 10.2. The second-order valence-electron chi connectivity index (χ2n) is 3.84. The summed E-state index contributed by atoms with van der Waals surface area (Å²) in [7, 11) is 0. The van der Waals surface area contributed by atoms with Gasteiger partial charge in [-0.15, -0.1) is 0 Å². The van der Waals surface area contributed by atoms with Crippen molar-refractivity contribution in [1.29, 1.82) is 0 Å². The third-order valence-electron chi connectivity index (χ3n) is 2.57. The number of aromatic nitrogens is 3. The fourth-order valence-corrected chi connectivity index (χ4v) is 2.24. The molecule has 3 rings (SSSR count). The van der Waals surface area contributed by atoms with Crippen molar-refractivity contribution in [2.45, 2.75) is 0 Å². The molecule has 0 bridgehead atoms. The minimum Gasteiger partial charge on any atom is -0.398 e. The van der Waals surface area contributed by atoms with Crippen LogP contribution in [0.25, 0.3) is 22.6 Å². The number of nitrogens with zero attached hydrogens (tertiary/aromatic N) is 2. The number of imidazole rings is 1. The molecule has 90 valence electrons. The van der Waals surface area contributed by atoms with Crippen LogP contribution < -0.4 is 5.73 Å². The standard InChI is InChI=1S/C12H8BrClN4/c13-6-3-10-12(16-5-6)18-11(17-10)8-4-7(14)1-2-9(8)15/h1-5H,15H2,(H,16,17,18). The monoisotopic (exact) mass is 322 g/mol. The van der Waals surface area contributed by atoms with Gasteiger partial charge in [0, 0.05) is 26.9 Å². The topological polar surface area (TPSA) is 67.6 Å². The number of rotatable bonds is 1. The average molecular weight is 324 g/mol. The van der Waals surface area contributed by atoms with Crippen molar-refractivity contribution in [3.63, 3.8) is 0 Å². The Bertz CT molecular complexity index is 738. The molecule has 6 heteroatoms. The first-order valence-electron chi connectivity index (χ1n) is 5.20. The number of H-pyrrole nitrogens is 1. The molecule has 0 aliphatic heterocycles. The Balaban J connectivity index is 2.22. The summed E-state index contributed by atoms with van der Waals surface area (Å²) >= 11 is 9.34. The van der Waals surface area contributed by atoms with E-state index < -0.39 is 0 Å². The van der Waals surface area contributed by atoms with Gasteiger partial charge in [0.05, 0.1) is 5.52 Å². The highest BCUT2D eigenvalue weighted by Gasteiger charge is 2.10. The number of aromatic amines is 1. The Morgan fingerprint density at radius 3 is 2.94 bits per heavy atom. The van der Waals surface area contributed by atoms with E-state index in [0.717, 1.165) is 15.6 Å². The molecule has 0 atom stereocenters. The van der Waals surface area contributed by atoms with E-state index in [-0.39, 0.29) is 0 Å². The Morgan fingerprint density at radius 2 is 2.11 bits per heavy atom. The van der Waals surface area contributed by atoms with E-state index in [0.29, 0.717) is 22.2 Å². The summed E-state index contributed by atoms with van der Waals surface area (Å²) in [5.74, 6) is 0.663. The summed E-state index contributed by atoms with van der Waals surface area (Å²) < 4.78 is 0.893. The van der Waals surface area contributed by atoms with Crippen LogP contribution in [0.15, 0.2) is 34.9 Å². The van der Waals surface area contributed by atoms with Crippen LogP contribution in [0.5, 0.6) is 0 Å². The van der Waals surface area contributed by atoms with Crippen LogP contribution in [0.1, 0.15) is 0 Å². The van der Waals surface area contributed by atoms with Crippen molar-refractivity contribution in [3.8, 4) is 11.4 Å². The van der Waals surface area contributed by atoms with Gasteiger partial charge in [-0.2, -0.15) is 0 Å². The maximum Gasteiger partial charge on any atom is 0.178 e. The minimum atomic E-state index is 0.619. The van der Waals surface area contributed by atoms with Crippen LogP contribution >= 0.6 is 27.5 Å². The fraction of sp³-hybridized carbons (Fsp3) is 0. The van der Waals surface area contributed by atoms with Gasteiger partial charge in [0.1, 0.15) is 5.82 Å². The predicted molar refractivity (Wildman–Crippen MR) is 76.4 cm³/mol. The van der Waals surface area contributed by atoms with Gasteiger partial charge in [-0.05, 0) is 40.2 Å². The van der Waals surface area contributed by atoms with Crippen molar-refractivity contribution < 1.29 is 0 Å². The Labute approximate surface area is 116 Å². The van der Waals surface area contributed by atoms with E-state index in [1.165, 1.54) is 0 Å². The number of pyridine rings is 1. The molecule has 0 saturated carbocycles. The maximum absolute atomic E-state index is 5.97. The van der Waals surface area contributed by atoms with Gasteiger partial charge in [-0.25, -0.2) is 9.97 Å². The summed E-state index contributed by atoms with van der Waals surface area (Å²) in [5.41, 5.74) is 8.81. The van der Waals surface area contributed by atoms with E-state index in [4.69, 9.17) is 17.3 Å². The number of nitrogen functional groups attached to an aromatic ring is 1. The molecule has 3 aromatic rings. The highest BCUT2D eigenvalue weighted by Crippen LogP contribution is 2.28. The van der Waals surface area contributed by atoms with Crippen molar-refractivity contribution in [1.82, 2.24) is 15.0 Å². The van der Waals surface area contributed by atoms with Gasteiger partial charge in [0.25, 0.3) is 0 Å². The zero-order valence-electron chi connectivity index (χ0n) is 9.11. The van der Waals surface area contributed by atoms with Crippen molar-refractivity contribution in [2.24, 2.45) is 0 Å². The Hall–Kier alpha value is -1.59. The predicted octanol–water partition coefficient (Wildman–Crippen LogP) is 3.62. The molecule has 0 radical (unpaired) electrons. The molecule has 18 heavy (non-hydrogen) atoms. The minimum absolute atomic E-state index is 0.619. The number of anilines is 1. The molecule has 2 aromatic heterocycles. The lowest BCUT2D eigenvalue weighted by Crippen LogP contribution is -1.90. The van der Waals surface area contributed by atoms with Gasteiger partial charge in [0.2, 0.25) is 0 Å². The SMILES string of the molecule is Nc1ccc(Cl)cc1-c1nc2ncc(Br)cc2[nH]1. The maximum atomic E-state index is 5.97. The van der Waals surface area contributed by atoms with Crippen LogP contribution in [0.3, 0.4) is 0 Å². The van der Waals surface area contributed by atoms with Gasteiger partial charge >= 0.3 is 0 Å². The largest absolute Gasteiger partial charge is 0.398 e. The lowest BCUT2D eigenvalue weighted by Gasteiger charge is -2.02. The summed E-state index contributed by atoms with van der Waals surface area (Å²) in [6, 6.07) is 7.20. The van der Waals surface area contributed by atoms with Crippen LogP contribution in [-0.2, 0) is 0 Å². The van der Waals surface area contributed by atoms with Gasteiger partial charge in [0.15, 0.2) is 5.65 Å². The fourth-order valence-electron chi connectivity index (χ4n) is 1.74. The molecule has 0 saturated heterocycles. The van der Waals surface area contributed by atoms with E-state index >= 15 is 0 Å². The van der Waals surface area contributed by atoms with E-state index in [2.05, 4.69) is 30.9 Å². The summed E-state index contributed by atoms with van der Waals surface area (Å²) in [6.45, 7) is 0. The first kappa shape index (κ1) is 11.5. The van der Waals surface area contributed by atoms with Gasteiger partial charge in [-0.3, -0.25) is 0 Å². The van der Waals surface area contributed by atoms with E-state index in [9.17, 15) is 0 Å². The molecule has 4 nitrogen and oxygen atoms in total. The Kier molecular flexibility index (Phi) is 2.72. The number of benzene rings is 1. The molecule has 0 aliphatic rings. The first-order chi connectivity index (χ1) is 8.63. The van der Waals surface area contributed by atoms with Gasteiger partial charge < -0.3 is 10.7 Å². The number of fused-ring (bicyclic) bond motifs is 1. The van der Waals surface area contributed by atoms with Crippen LogP contribution in [0.4, 0.5) is 5.69 Å². The highest BCUT2D eigenvalue weighted by atomic mass is 79.9. The molecule has 0 fully saturated rings.